The number of rotatable bonds is 2. The minimum atomic E-state index is 0.0793. The summed E-state index contributed by atoms with van der Waals surface area (Å²) in [5, 5.41) is 4.42. The van der Waals surface area contributed by atoms with Gasteiger partial charge < -0.3 is 0 Å². The Balaban J connectivity index is 3.03. The van der Waals surface area contributed by atoms with Crippen LogP contribution in [0.1, 0.15) is 16.1 Å². The van der Waals surface area contributed by atoms with Crippen LogP contribution in [-0.2, 0) is 7.05 Å². The lowest BCUT2D eigenvalue weighted by Gasteiger charge is -1.89. The lowest BCUT2D eigenvalue weighted by Crippen LogP contribution is -1.99. The number of carbonyl (C=O) groups is 1. The molecule has 1 heterocycles. The minimum Gasteiger partial charge on any atom is -0.293 e. The van der Waals surface area contributed by atoms with Crippen molar-refractivity contribution in [2.24, 2.45) is 7.05 Å². The molecule has 11 heavy (non-hydrogen) atoms. The lowest BCUT2D eigenvalue weighted by atomic mass is 10.2. The average Bonchev–Trinajstić information content (AvgIpc) is 2.28. The average molecular weight is 217 g/mol. The van der Waals surface area contributed by atoms with E-state index in [0.29, 0.717) is 10.9 Å². The summed E-state index contributed by atoms with van der Waals surface area (Å²) in [7, 11) is 1.80. The van der Waals surface area contributed by atoms with E-state index in [1.54, 1.807) is 17.9 Å². The van der Waals surface area contributed by atoms with Crippen molar-refractivity contribution in [1.29, 1.82) is 0 Å². The Labute approximate surface area is 73.5 Å². The van der Waals surface area contributed by atoms with Gasteiger partial charge in [-0.25, -0.2) is 0 Å². The molecule has 0 spiro atoms. The Morgan fingerprint density at radius 3 is 2.82 bits per heavy atom. The van der Waals surface area contributed by atoms with Crippen molar-refractivity contribution in [2.45, 2.75) is 6.92 Å². The molecule has 0 aromatic carbocycles. The van der Waals surface area contributed by atoms with Gasteiger partial charge in [0.05, 0.1) is 16.6 Å². The molecule has 0 bridgehead atoms. The molecule has 0 aliphatic heterocycles. The molecule has 1 rings (SSSR count). The number of hydrogen-bond acceptors (Lipinski definition) is 2. The van der Waals surface area contributed by atoms with Gasteiger partial charge >= 0.3 is 0 Å². The summed E-state index contributed by atoms with van der Waals surface area (Å²) in [6.07, 6.45) is 1.74. The highest BCUT2D eigenvalue weighted by atomic mass is 79.9. The lowest BCUT2D eigenvalue weighted by molar-refractivity contribution is 0.102. The maximum absolute atomic E-state index is 11.1. The van der Waals surface area contributed by atoms with Crippen molar-refractivity contribution in [1.82, 2.24) is 9.78 Å². The number of carbonyl (C=O) groups excluding carboxylic acids is 1. The fourth-order valence-electron chi connectivity index (χ4n) is 0.945. The molecule has 1 aromatic heterocycles. The van der Waals surface area contributed by atoms with Gasteiger partial charge in [-0.2, -0.15) is 5.10 Å². The number of ketones is 1. The Kier molecular flexibility index (Phi) is 2.44. The largest absolute Gasteiger partial charge is 0.293 e. The summed E-state index contributed by atoms with van der Waals surface area (Å²) < 4.78 is 1.64. The van der Waals surface area contributed by atoms with E-state index in [2.05, 4.69) is 21.0 Å². The van der Waals surface area contributed by atoms with E-state index in [4.69, 9.17) is 0 Å². The summed E-state index contributed by atoms with van der Waals surface area (Å²) in [5.41, 5.74) is 1.49. The molecule has 0 saturated heterocycles. The van der Waals surface area contributed by atoms with E-state index in [-0.39, 0.29) is 5.78 Å². The van der Waals surface area contributed by atoms with Crippen molar-refractivity contribution < 1.29 is 4.79 Å². The number of halogens is 1. The third kappa shape index (κ3) is 1.68. The van der Waals surface area contributed by atoms with Crippen molar-refractivity contribution in [3.63, 3.8) is 0 Å². The maximum Gasteiger partial charge on any atom is 0.176 e. The van der Waals surface area contributed by atoms with Crippen LogP contribution in [0.4, 0.5) is 0 Å². The molecule has 0 fully saturated rings. The Morgan fingerprint density at radius 2 is 2.45 bits per heavy atom. The number of nitrogens with zero attached hydrogens (tertiary/aromatic N) is 2. The standard InChI is InChI=1S/C7H9BrN2O/c1-5-6(7(11)3-8)4-10(2)9-5/h4H,3H2,1-2H3. The maximum atomic E-state index is 11.1. The van der Waals surface area contributed by atoms with Gasteiger partial charge in [0.1, 0.15) is 0 Å². The van der Waals surface area contributed by atoms with Gasteiger partial charge in [0.2, 0.25) is 0 Å². The highest BCUT2D eigenvalue weighted by Crippen LogP contribution is 2.06. The molecule has 0 aliphatic carbocycles. The van der Waals surface area contributed by atoms with Gasteiger partial charge in [-0.3, -0.25) is 9.48 Å². The van der Waals surface area contributed by atoms with Gasteiger partial charge in [-0.15, -0.1) is 0 Å². The molecule has 0 aliphatic rings. The Morgan fingerprint density at radius 1 is 1.82 bits per heavy atom. The first-order valence-corrected chi connectivity index (χ1v) is 4.36. The molecule has 0 N–H and O–H groups in total. The molecular weight excluding hydrogens is 208 g/mol. The summed E-state index contributed by atoms with van der Waals surface area (Å²) in [6, 6.07) is 0. The topological polar surface area (TPSA) is 34.9 Å². The number of alkyl halides is 1. The van der Waals surface area contributed by atoms with Gasteiger partial charge in [-0.1, -0.05) is 15.9 Å². The molecule has 0 saturated carbocycles. The van der Waals surface area contributed by atoms with E-state index in [1.807, 2.05) is 6.92 Å². The summed E-state index contributed by atoms with van der Waals surface area (Å²) in [4.78, 5) is 11.1. The van der Waals surface area contributed by atoms with Crippen LogP contribution < -0.4 is 0 Å². The quantitative estimate of drug-likeness (QED) is 0.552. The van der Waals surface area contributed by atoms with Crippen molar-refractivity contribution in [3.8, 4) is 0 Å². The van der Waals surface area contributed by atoms with Crippen LogP contribution in [0.25, 0.3) is 0 Å². The first kappa shape index (κ1) is 8.46. The first-order valence-electron chi connectivity index (χ1n) is 3.24. The van der Waals surface area contributed by atoms with E-state index < -0.39 is 0 Å². The zero-order valence-electron chi connectivity index (χ0n) is 6.47. The van der Waals surface area contributed by atoms with E-state index in [0.717, 1.165) is 5.69 Å². The van der Waals surface area contributed by atoms with Crippen molar-refractivity contribution in [3.05, 3.63) is 17.5 Å². The van der Waals surface area contributed by atoms with E-state index in [9.17, 15) is 4.79 Å². The molecule has 0 radical (unpaired) electrons. The van der Waals surface area contributed by atoms with Crippen LogP contribution in [0.3, 0.4) is 0 Å². The zero-order valence-corrected chi connectivity index (χ0v) is 8.05. The molecule has 3 nitrogen and oxygen atoms in total. The normalized spacial score (nSPS) is 10.1. The smallest absolute Gasteiger partial charge is 0.176 e. The number of hydrogen-bond donors (Lipinski definition) is 0. The third-order valence-electron chi connectivity index (χ3n) is 1.44. The first-order chi connectivity index (χ1) is 5.15. The molecule has 0 unspecified atom stereocenters. The second kappa shape index (κ2) is 3.17. The fraction of sp³-hybridized carbons (Fsp3) is 0.429. The van der Waals surface area contributed by atoms with Crippen LogP contribution >= 0.6 is 15.9 Å². The van der Waals surface area contributed by atoms with Gasteiger partial charge in [0.15, 0.2) is 5.78 Å². The third-order valence-corrected chi connectivity index (χ3v) is 1.94. The molecule has 1 aromatic rings. The Bertz CT molecular complexity index is 280. The van der Waals surface area contributed by atoms with E-state index in [1.165, 1.54) is 0 Å². The highest BCUT2D eigenvalue weighted by Gasteiger charge is 2.09. The van der Waals surface area contributed by atoms with Crippen LogP contribution in [0.15, 0.2) is 6.20 Å². The minimum absolute atomic E-state index is 0.0793. The monoisotopic (exact) mass is 216 g/mol. The molecular formula is C7H9BrN2O. The second-order valence-electron chi connectivity index (χ2n) is 2.36. The Hall–Kier alpha value is -0.640. The molecule has 0 atom stereocenters. The zero-order chi connectivity index (χ0) is 8.43. The van der Waals surface area contributed by atoms with Gasteiger partial charge in [0, 0.05) is 13.2 Å². The fourth-order valence-corrected chi connectivity index (χ4v) is 1.25. The number of aromatic nitrogens is 2. The molecule has 60 valence electrons. The summed E-state index contributed by atoms with van der Waals surface area (Å²) in [6.45, 7) is 1.83. The predicted octanol–water partition coefficient (Wildman–Crippen LogP) is 1.31. The number of Topliss-reactive ketones (excluding diaryl/α,β-unsaturated/α-hetero) is 1. The van der Waals surface area contributed by atoms with Crippen LogP contribution in [-0.4, -0.2) is 20.9 Å². The van der Waals surface area contributed by atoms with Gasteiger partial charge in [0.25, 0.3) is 0 Å². The predicted molar refractivity (Wildman–Crippen MR) is 46.1 cm³/mol. The molecule has 4 heteroatoms. The summed E-state index contributed by atoms with van der Waals surface area (Å²) >= 11 is 3.11. The van der Waals surface area contributed by atoms with Crippen molar-refractivity contribution in [2.75, 3.05) is 5.33 Å². The van der Waals surface area contributed by atoms with Crippen LogP contribution in [0, 0.1) is 6.92 Å². The summed E-state index contributed by atoms with van der Waals surface area (Å²) in [5.74, 6) is 0.0793. The SMILES string of the molecule is Cc1nn(C)cc1C(=O)CBr. The van der Waals surface area contributed by atoms with E-state index >= 15 is 0 Å². The van der Waals surface area contributed by atoms with Crippen LogP contribution in [0.2, 0.25) is 0 Å². The molecule has 0 amide bonds. The number of aryl methyl sites for hydroxylation is 2. The van der Waals surface area contributed by atoms with Crippen molar-refractivity contribution >= 4 is 21.7 Å². The van der Waals surface area contributed by atoms with Crippen LogP contribution in [0.5, 0.6) is 0 Å². The second-order valence-corrected chi connectivity index (χ2v) is 2.92. The highest BCUT2D eigenvalue weighted by molar-refractivity contribution is 9.09. The van der Waals surface area contributed by atoms with Gasteiger partial charge in [-0.05, 0) is 6.92 Å².